The molecular weight excluding hydrogens is 360 g/mol. The first-order valence-corrected chi connectivity index (χ1v) is 9.41. The van der Waals surface area contributed by atoms with Gasteiger partial charge in [0.1, 0.15) is 0 Å². The van der Waals surface area contributed by atoms with Crippen molar-refractivity contribution in [3.05, 3.63) is 115 Å². The van der Waals surface area contributed by atoms with Crippen molar-refractivity contribution in [3.8, 4) is 22.5 Å². The highest BCUT2D eigenvalue weighted by molar-refractivity contribution is 5.98. The van der Waals surface area contributed by atoms with Crippen LogP contribution in [0.2, 0.25) is 0 Å². The number of esters is 1. The van der Waals surface area contributed by atoms with Crippen molar-refractivity contribution in [1.29, 1.82) is 0 Å². The van der Waals surface area contributed by atoms with Gasteiger partial charge in [0.15, 0.2) is 0 Å². The van der Waals surface area contributed by atoms with E-state index in [1.807, 2.05) is 84.9 Å². The molecule has 4 aromatic rings. The van der Waals surface area contributed by atoms with E-state index in [1.165, 1.54) is 0 Å². The molecule has 0 saturated heterocycles. The van der Waals surface area contributed by atoms with Crippen LogP contribution >= 0.6 is 0 Å². The maximum atomic E-state index is 13.1. The molecular formula is C25H18N2O2. The molecule has 29 heavy (non-hydrogen) atoms. The first-order valence-electron chi connectivity index (χ1n) is 9.41. The molecule has 2 heterocycles. The number of carbonyl (C=O) groups is 1. The Balaban J connectivity index is 1.85. The molecule has 0 N–H and O–H groups in total. The van der Waals surface area contributed by atoms with Crippen LogP contribution in [0.15, 0.2) is 104 Å². The molecule has 0 fully saturated rings. The standard InChI is InChI=1S/C25H18N2O2/c1-2-25(19-13-7-4-8-14-19)27-23(17-22(26-27)18-11-5-3-6-12-18)20-15-9-10-16-21(20)24(28)29-25/h2-17H,1H2. The van der Waals surface area contributed by atoms with Crippen LogP contribution < -0.4 is 0 Å². The predicted molar refractivity (Wildman–Crippen MR) is 112 cm³/mol. The number of ether oxygens (including phenoxy) is 1. The number of aromatic nitrogens is 2. The Bertz CT molecular complexity index is 1210. The van der Waals surface area contributed by atoms with Gasteiger partial charge in [-0.3, -0.25) is 0 Å². The van der Waals surface area contributed by atoms with E-state index in [-0.39, 0.29) is 0 Å². The van der Waals surface area contributed by atoms with Gasteiger partial charge in [-0.2, -0.15) is 5.10 Å². The van der Waals surface area contributed by atoms with Gasteiger partial charge in [0.2, 0.25) is 0 Å². The number of hydrogen-bond acceptors (Lipinski definition) is 3. The Morgan fingerprint density at radius 1 is 0.862 bits per heavy atom. The molecule has 0 saturated carbocycles. The van der Waals surface area contributed by atoms with Gasteiger partial charge in [0.05, 0.1) is 17.0 Å². The third kappa shape index (κ3) is 2.61. The normalized spacial score (nSPS) is 17.6. The van der Waals surface area contributed by atoms with E-state index in [4.69, 9.17) is 9.84 Å². The number of nitrogens with zero attached hydrogens (tertiary/aromatic N) is 2. The average molecular weight is 378 g/mol. The second-order valence-corrected chi connectivity index (χ2v) is 6.89. The fourth-order valence-corrected chi connectivity index (χ4v) is 3.80. The summed E-state index contributed by atoms with van der Waals surface area (Å²) in [6.07, 6.45) is 1.64. The molecule has 1 aliphatic rings. The van der Waals surface area contributed by atoms with E-state index in [9.17, 15) is 4.79 Å². The van der Waals surface area contributed by atoms with E-state index in [0.717, 1.165) is 28.1 Å². The molecule has 0 amide bonds. The Labute approximate surface area is 168 Å². The predicted octanol–water partition coefficient (Wildman–Crippen LogP) is 5.27. The van der Waals surface area contributed by atoms with Crippen LogP contribution in [0.5, 0.6) is 0 Å². The summed E-state index contributed by atoms with van der Waals surface area (Å²) >= 11 is 0. The van der Waals surface area contributed by atoms with E-state index < -0.39 is 11.7 Å². The van der Waals surface area contributed by atoms with E-state index in [2.05, 4.69) is 6.58 Å². The van der Waals surface area contributed by atoms with Gasteiger partial charge in [0.25, 0.3) is 5.72 Å². The molecule has 0 radical (unpaired) electrons. The molecule has 140 valence electrons. The van der Waals surface area contributed by atoms with Gasteiger partial charge in [-0.15, -0.1) is 0 Å². The summed E-state index contributed by atoms with van der Waals surface area (Å²) in [5.74, 6) is -0.406. The number of carbonyl (C=O) groups excluding carboxylic acids is 1. The Morgan fingerprint density at radius 3 is 2.17 bits per heavy atom. The lowest BCUT2D eigenvalue weighted by molar-refractivity contribution is -0.0147. The van der Waals surface area contributed by atoms with Gasteiger partial charge >= 0.3 is 5.97 Å². The van der Waals surface area contributed by atoms with Gasteiger partial charge in [0, 0.05) is 16.7 Å². The third-order valence-corrected chi connectivity index (χ3v) is 5.23. The van der Waals surface area contributed by atoms with Crippen molar-refractivity contribution in [3.63, 3.8) is 0 Å². The van der Waals surface area contributed by atoms with Crippen molar-refractivity contribution >= 4 is 5.97 Å². The molecule has 0 spiro atoms. The zero-order chi connectivity index (χ0) is 19.8. The summed E-state index contributed by atoms with van der Waals surface area (Å²) in [5, 5.41) is 4.88. The molecule has 1 unspecified atom stereocenters. The largest absolute Gasteiger partial charge is 0.425 e. The van der Waals surface area contributed by atoms with Crippen molar-refractivity contribution in [2.24, 2.45) is 0 Å². The topological polar surface area (TPSA) is 44.1 Å². The first-order chi connectivity index (χ1) is 14.2. The average Bonchev–Trinajstić information content (AvgIpc) is 3.21. The SMILES string of the molecule is C=CC1(c2ccccc2)OC(=O)c2ccccc2-c2cc(-c3ccccc3)nn21. The van der Waals surface area contributed by atoms with Gasteiger partial charge < -0.3 is 4.74 Å². The van der Waals surface area contributed by atoms with E-state index in [0.29, 0.717) is 5.56 Å². The summed E-state index contributed by atoms with van der Waals surface area (Å²) in [4.78, 5) is 13.1. The zero-order valence-corrected chi connectivity index (χ0v) is 15.7. The molecule has 1 atom stereocenters. The van der Waals surface area contributed by atoms with Crippen molar-refractivity contribution in [1.82, 2.24) is 9.78 Å². The van der Waals surface area contributed by atoms with Crippen LogP contribution in [0.25, 0.3) is 22.5 Å². The van der Waals surface area contributed by atoms with Crippen LogP contribution in [-0.2, 0) is 10.5 Å². The highest BCUT2D eigenvalue weighted by Crippen LogP contribution is 2.40. The lowest BCUT2D eigenvalue weighted by atomic mass is 10.0. The van der Waals surface area contributed by atoms with Crippen molar-refractivity contribution < 1.29 is 9.53 Å². The summed E-state index contributed by atoms with van der Waals surface area (Å²) < 4.78 is 7.85. The summed E-state index contributed by atoms with van der Waals surface area (Å²) in [5.41, 5.74) is 3.41. The highest BCUT2D eigenvalue weighted by Gasteiger charge is 2.42. The van der Waals surface area contributed by atoms with E-state index >= 15 is 0 Å². The summed E-state index contributed by atoms with van der Waals surface area (Å²) in [6.45, 7) is 4.01. The monoisotopic (exact) mass is 378 g/mol. The molecule has 5 rings (SSSR count). The smallest absolute Gasteiger partial charge is 0.341 e. The van der Waals surface area contributed by atoms with Crippen LogP contribution in [0.3, 0.4) is 0 Å². The van der Waals surface area contributed by atoms with Crippen molar-refractivity contribution in [2.75, 3.05) is 0 Å². The zero-order valence-electron chi connectivity index (χ0n) is 15.7. The van der Waals surface area contributed by atoms with Crippen LogP contribution in [-0.4, -0.2) is 15.7 Å². The van der Waals surface area contributed by atoms with Crippen LogP contribution in [0.1, 0.15) is 15.9 Å². The fraction of sp³-hybridized carbons (Fsp3) is 0.0400. The van der Waals surface area contributed by atoms with Crippen LogP contribution in [0.4, 0.5) is 0 Å². The molecule has 3 aromatic carbocycles. The Kier molecular flexibility index (Phi) is 3.91. The molecule has 1 aliphatic heterocycles. The summed E-state index contributed by atoms with van der Waals surface area (Å²) in [7, 11) is 0. The molecule has 4 heteroatoms. The molecule has 0 bridgehead atoms. The Hall–Kier alpha value is -3.92. The van der Waals surface area contributed by atoms with Gasteiger partial charge in [-0.25, -0.2) is 9.48 Å². The van der Waals surface area contributed by atoms with Gasteiger partial charge in [-0.05, 0) is 18.2 Å². The maximum Gasteiger partial charge on any atom is 0.341 e. The number of hydrogen-bond donors (Lipinski definition) is 0. The molecule has 0 aliphatic carbocycles. The minimum absolute atomic E-state index is 0.406. The molecule has 1 aromatic heterocycles. The third-order valence-electron chi connectivity index (χ3n) is 5.23. The Morgan fingerprint density at radius 2 is 1.48 bits per heavy atom. The second-order valence-electron chi connectivity index (χ2n) is 6.89. The lowest BCUT2D eigenvalue weighted by Gasteiger charge is -2.30. The second kappa shape index (κ2) is 6.60. The molecule has 4 nitrogen and oxygen atoms in total. The fourth-order valence-electron chi connectivity index (χ4n) is 3.80. The van der Waals surface area contributed by atoms with Crippen molar-refractivity contribution in [2.45, 2.75) is 5.72 Å². The maximum absolute atomic E-state index is 13.1. The quantitative estimate of drug-likeness (QED) is 0.360. The first kappa shape index (κ1) is 17.2. The minimum atomic E-state index is -1.25. The minimum Gasteiger partial charge on any atom is -0.425 e. The van der Waals surface area contributed by atoms with E-state index in [1.54, 1.807) is 16.8 Å². The van der Waals surface area contributed by atoms with Gasteiger partial charge in [-0.1, -0.05) is 85.4 Å². The number of cyclic esters (lactones) is 1. The summed E-state index contributed by atoms with van der Waals surface area (Å²) in [6, 6.07) is 29.0. The number of rotatable bonds is 3. The highest BCUT2D eigenvalue weighted by atomic mass is 16.6. The number of fused-ring (bicyclic) bond motifs is 3. The lowest BCUT2D eigenvalue weighted by Crippen LogP contribution is -2.38. The number of benzene rings is 3. The van der Waals surface area contributed by atoms with Crippen LogP contribution in [0, 0.1) is 0 Å².